The summed E-state index contributed by atoms with van der Waals surface area (Å²) in [6.45, 7) is 0.197. The van der Waals surface area contributed by atoms with Gasteiger partial charge in [0.1, 0.15) is 18.5 Å². The van der Waals surface area contributed by atoms with Crippen molar-refractivity contribution in [2.24, 2.45) is 23.7 Å². The third-order valence-electron chi connectivity index (χ3n) is 6.36. The fourth-order valence-electron chi connectivity index (χ4n) is 5.00. The van der Waals surface area contributed by atoms with Crippen molar-refractivity contribution in [3.8, 4) is 5.75 Å². The summed E-state index contributed by atoms with van der Waals surface area (Å²) in [6.07, 6.45) is 8.75. The van der Waals surface area contributed by atoms with Crippen LogP contribution in [0.5, 0.6) is 5.75 Å². The van der Waals surface area contributed by atoms with E-state index in [0.717, 1.165) is 44.3 Å². The van der Waals surface area contributed by atoms with E-state index >= 15 is 0 Å². The zero-order valence-corrected chi connectivity index (χ0v) is 16.3. The highest BCUT2D eigenvalue weighted by atomic mass is 16.5. The lowest BCUT2D eigenvalue weighted by Gasteiger charge is -2.33. The third kappa shape index (κ3) is 5.82. The highest BCUT2D eigenvalue weighted by molar-refractivity contribution is 5.66. The minimum Gasteiger partial charge on any atom is -0.491 e. The molecule has 28 heavy (non-hydrogen) atoms. The fourth-order valence-corrected chi connectivity index (χ4v) is 5.00. The molecule has 0 spiro atoms. The standard InChI is InChI=1S/C23H32O5/c24-18(15-28-19-6-2-1-3-7-19)10-12-21-20-11-9-16(5-4-8-23(26)27)13-17(20)14-22(21)25/h1-3,6-7,10,12,16-18,20-22,24-25H,4-5,8-9,11,13-15H2,(H,26,27)/b12-10+/t16-,17-,18+,20-,21+,22+/m0/s1. The van der Waals surface area contributed by atoms with Crippen molar-refractivity contribution in [3.63, 3.8) is 0 Å². The summed E-state index contributed by atoms with van der Waals surface area (Å²) < 4.78 is 5.58. The van der Waals surface area contributed by atoms with Crippen molar-refractivity contribution >= 4 is 5.97 Å². The molecular weight excluding hydrogens is 356 g/mol. The number of aliphatic carboxylic acids is 1. The molecule has 0 saturated heterocycles. The largest absolute Gasteiger partial charge is 0.491 e. The number of carboxylic acids is 1. The number of benzene rings is 1. The van der Waals surface area contributed by atoms with Crippen LogP contribution in [0.25, 0.3) is 0 Å². The Morgan fingerprint density at radius 3 is 2.75 bits per heavy atom. The summed E-state index contributed by atoms with van der Waals surface area (Å²) in [5.74, 6) is 1.66. The quantitative estimate of drug-likeness (QED) is 0.562. The predicted octanol–water partition coefficient (Wildman–Crippen LogP) is 3.65. The van der Waals surface area contributed by atoms with Crippen LogP contribution >= 0.6 is 0 Å². The zero-order chi connectivity index (χ0) is 19.9. The number of para-hydroxylation sites is 1. The molecule has 1 aromatic rings. The van der Waals surface area contributed by atoms with Gasteiger partial charge in [0, 0.05) is 12.3 Å². The number of carbonyl (C=O) groups is 1. The monoisotopic (exact) mass is 388 g/mol. The average molecular weight is 389 g/mol. The molecule has 2 aliphatic carbocycles. The van der Waals surface area contributed by atoms with Crippen LogP contribution in [0.3, 0.4) is 0 Å². The lowest BCUT2D eigenvalue weighted by atomic mass is 9.72. The highest BCUT2D eigenvalue weighted by Crippen LogP contribution is 2.49. The minimum absolute atomic E-state index is 0.0938. The molecule has 1 aromatic carbocycles. The van der Waals surface area contributed by atoms with Gasteiger partial charge in [-0.05, 0) is 62.0 Å². The summed E-state index contributed by atoms with van der Waals surface area (Å²) in [6, 6.07) is 9.42. The van der Waals surface area contributed by atoms with Gasteiger partial charge in [-0.2, -0.15) is 0 Å². The maximum Gasteiger partial charge on any atom is 0.303 e. The molecule has 2 aliphatic rings. The summed E-state index contributed by atoms with van der Waals surface area (Å²) in [5, 5.41) is 29.5. The van der Waals surface area contributed by atoms with Crippen LogP contribution in [0.1, 0.15) is 44.9 Å². The first-order chi connectivity index (χ1) is 13.5. The third-order valence-corrected chi connectivity index (χ3v) is 6.36. The van der Waals surface area contributed by atoms with E-state index in [1.165, 1.54) is 0 Å². The Labute approximate surface area is 167 Å². The first kappa shape index (κ1) is 20.9. The smallest absolute Gasteiger partial charge is 0.303 e. The second kappa shape index (κ2) is 10.1. The molecule has 6 atom stereocenters. The van der Waals surface area contributed by atoms with E-state index in [-0.39, 0.29) is 25.0 Å². The summed E-state index contributed by atoms with van der Waals surface area (Å²) in [4.78, 5) is 10.7. The molecule has 2 fully saturated rings. The van der Waals surface area contributed by atoms with Gasteiger partial charge >= 0.3 is 5.97 Å². The molecular formula is C23H32O5. The zero-order valence-electron chi connectivity index (χ0n) is 16.3. The topological polar surface area (TPSA) is 87.0 Å². The Bertz CT molecular complexity index is 644. The first-order valence-corrected chi connectivity index (χ1v) is 10.5. The van der Waals surface area contributed by atoms with Gasteiger partial charge in [0.15, 0.2) is 0 Å². The van der Waals surface area contributed by atoms with E-state index in [4.69, 9.17) is 9.84 Å². The van der Waals surface area contributed by atoms with E-state index in [1.807, 2.05) is 36.4 Å². The molecule has 3 N–H and O–H groups in total. The van der Waals surface area contributed by atoms with Crippen molar-refractivity contribution in [1.29, 1.82) is 0 Å². The number of fused-ring (bicyclic) bond motifs is 1. The van der Waals surface area contributed by atoms with E-state index in [1.54, 1.807) is 6.08 Å². The Hall–Kier alpha value is -1.85. The Morgan fingerprint density at radius 2 is 2.00 bits per heavy atom. The van der Waals surface area contributed by atoms with Crippen LogP contribution in [-0.4, -0.2) is 40.1 Å². The summed E-state index contributed by atoms with van der Waals surface area (Å²) in [5.41, 5.74) is 0. The van der Waals surface area contributed by atoms with Crippen LogP contribution in [0.2, 0.25) is 0 Å². The highest BCUT2D eigenvalue weighted by Gasteiger charge is 2.43. The van der Waals surface area contributed by atoms with Gasteiger partial charge in [-0.1, -0.05) is 36.8 Å². The van der Waals surface area contributed by atoms with Crippen molar-refractivity contribution in [1.82, 2.24) is 0 Å². The van der Waals surface area contributed by atoms with E-state index < -0.39 is 12.1 Å². The number of ether oxygens (including phenoxy) is 1. The summed E-state index contributed by atoms with van der Waals surface area (Å²) >= 11 is 0. The maximum atomic E-state index is 10.7. The van der Waals surface area contributed by atoms with Gasteiger partial charge in [-0.25, -0.2) is 0 Å². The number of aliphatic hydroxyl groups excluding tert-OH is 2. The molecule has 154 valence electrons. The van der Waals surface area contributed by atoms with Crippen molar-refractivity contribution < 1.29 is 24.9 Å². The predicted molar refractivity (Wildman–Crippen MR) is 107 cm³/mol. The Morgan fingerprint density at radius 1 is 1.21 bits per heavy atom. The number of hydrogen-bond acceptors (Lipinski definition) is 4. The molecule has 0 aromatic heterocycles. The van der Waals surface area contributed by atoms with Crippen LogP contribution in [0.15, 0.2) is 42.5 Å². The molecule has 0 aliphatic heterocycles. The van der Waals surface area contributed by atoms with Crippen LogP contribution in [-0.2, 0) is 4.79 Å². The van der Waals surface area contributed by atoms with Gasteiger partial charge in [0.2, 0.25) is 0 Å². The normalized spacial score (nSPS) is 30.9. The second-order valence-electron chi connectivity index (χ2n) is 8.35. The van der Waals surface area contributed by atoms with Crippen LogP contribution < -0.4 is 4.74 Å². The van der Waals surface area contributed by atoms with Gasteiger partial charge in [-0.3, -0.25) is 4.79 Å². The molecule has 0 radical (unpaired) electrons. The van der Waals surface area contributed by atoms with Crippen LogP contribution in [0, 0.1) is 23.7 Å². The Balaban J connectivity index is 1.46. The molecule has 3 rings (SSSR count). The first-order valence-electron chi connectivity index (χ1n) is 10.5. The molecule has 0 heterocycles. The minimum atomic E-state index is -0.718. The van der Waals surface area contributed by atoms with Crippen molar-refractivity contribution in [2.45, 2.75) is 57.2 Å². The molecule has 0 bridgehead atoms. The number of rotatable bonds is 9. The summed E-state index contributed by atoms with van der Waals surface area (Å²) in [7, 11) is 0. The number of carboxylic acid groups (broad SMARTS) is 1. The lowest BCUT2D eigenvalue weighted by Crippen LogP contribution is -2.25. The van der Waals surface area contributed by atoms with Gasteiger partial charge in [0.25, 0.3) is 0 Å². The fraction of sp³-hybridized carbons (Fsp3) is 0.609. The maximum absolute atomic E-state index is 10.7. The van der Waals surface area contributed by atoms with E-state index in [9.17, 15) is 15.0 Å². The molecule has 2 saturated carbocycles. The average Bonchev–Trinajstić information content (AvgIpc) is 2.99. The van der Waals surface area contributed by atoms with Crippen molar-refractivity contribution in [3.05, 3.63) is 42.5 Å². The van der Waals surface area contributed by atoms with Gasteiger partial charge < -0.3 is 20.1 Å². The van der Waals surface area contributed by atoms with Crippen molar-refractivity contribution in [2.75, 3.05) is 6.61 Å². The van der Waals surface area contributed by atoms with Crippen LogP contribution in [0.4, 0.5) is 0 Å². The number of hydrogen-bond donors (Lipinski definition) is 3. The lowest BCUT2D eigenvalue weighted by molar-refractivity contribution is -0.137. The molecule has 5 heteroatoms. The molecule has 0 unspecified atom stereocenters. The van der Waals surface area contributed by atoms with Gasteiger partial charge in [-0.15, -0.1) is 0 Å². The second-order valence-corrected chi connectivity index (χ2v) is 8.35. The number of aliphatic hydroxyl groups is 2. The Kier molecular flexibility index (Phi) is 7.51. The SMILES string of the molecule is O=C(O)CCC[C@H]1CC[C@H]2[C@@H](C1)C[C@@H](O)[C@@H]2/C=C/[C@@H](O)COc1ccccc1. The molecule has 0 amide bonds. The van der Waals surface area contributed by atoms with E-state index in [2.05, 4.69) is 0 Å². The van der Waals surface area contributed by atoms with Gasteiger partial charge in [0.05, 0.1) is 6.10 Å². The molecule has 5 nitrogen and oxygen atoms in total. The van der Waals surface area contributed by atoms with E-state index in [0.29, 0.717) is 17.8 Å².